The fraction of sp³-hybridized carbons (Fsp3) is 0.857. The van der Waals surface area contributed by atoms with Gasteiger partial charge in [-0.25, -0.2) is 17.9 Å². The van der Waals surface area contributed by atoms with Crippen molar-refractivity contribution in [3.63, 3.8) is 0 Å². The Bertz CT molecular complexity index is 525. The molecule has 0 aromatic carbocycles. The summed E-state index contributed by atoms with van der Waals surface area (Å²) in [6.07, 6.45) is 4.51. The van der Waals surface area contributed by atoms with Crippen molar-refractivity contribution < 1.29 is 23.1 Å². The quantitative estimate of drug-likeness (QED) is 0.765. The third-order valence-corrected chi connectivity index (χ3v) is 5.85. The summed E-state index contributed by atoms with van der Waals surface area (Å²) in [5.41, 5.74) is 0. The molecular weight excluding hydrogens is 308 g/mol. The molecule has 1 amide bonds. The third-order valence-electron chi connectivity index (χ3n) is 4.53. The van der Waals surface area contributed by atoms with Gasteiger partial charge in [0.05, 0.1) is 0 Å². The predicted molar refractivity (Wildman–Crippen MR) is 80.7 cm³/mol. The predicted octanol–water partition coefficient (Wildman–Crippen LogP) is 0.560. The number of nitrogens with one attached hydrogen (secondary N) is 1. The van der Waals surface area contributed by atoms with Gasteiger partial charge < -0.3 is 10.0 Å². The molecule has 126 valence electrons. The molecular formula is C14H24N2O5S. The van der Waals surface area contributed by atoms with Crippen LogP contribution in [0.1, 0.15) is 45.4 Å². The number of hydrogen-bond donors (Lipinski definition) is 2. The van der Waals surface area contributed by atoms with Gasteiger partial charge in [-0.3, -0.25) is 4.79 Å². The molecule has 22 heavy (non-hydrogen) atoms. The summed E-state index contributed by atoms with van der Waals surface area (Å²) >= 11 is 0. The van der Waals surface area contributed by atoms with Crippen molar-refractivity contribution in [2.45, 2.75) is 57.5 Å². The minimum Gasteiger partial charge on any atom is -0.480 e. The second-order valence-corrected chi connectivity index (χ2v) is 8.17. The molecule has 0 unspecified atom stereocenters. The Morgan fingerprint density at radius 3 is 2.41 bits per heavy atom. The van der Waals surface area contributed by atoms with E-state index in [1.165, 1.54) is 4.90 Å². The van der Waals surface area contributed by atoms with E-state index in [2.05, 4.69) is 11.6 Å². The SMILES string of the molecule is CC1CCC(NS(=O)(=O)CC(=O)N2CCC[C@H]2C(=O)O)CC1. The van der Waals surface area contributed by atoms with Crippen LogP contribution in [0.3, 0.4) is 0 Å². The zero-order valence-electron chi connectivity index (χ0n) is 12.8. The molecule has 7 nitrogen and oxygen atoms in total. The Morgan fingerprint density at radius 1 is 1.18 bits per heavy atom. The van der Waals surface area contributed by atoms with E-state index in [9.17, 15) is 18.0 Å². The maximum atomic E-state index is 12.1. The van der Waals surface area contributed by atoms with E-state index in [0.717, 1.165) is 25.7 Å². The molecule has 2 fully saturated rings. The molecule has 0 aromatic heterocycles. The minimum absolute atomic E-state index is 0.108. The molecule has 1 saturated carbocycles. The van der Waals surface area contributed by atoms with E-state index >= 15 is 0 Å². The molecule has 2 rings (SSSR count). The smallest absolute Gasteiger partial charge is 0.326 e. The first-order chi connectivity index (χ1) is 10.3. The van der Waals surface area contributed by atoms with Gasteiger partial charge in [-0.2, -0.15) is 0 Å². The van der Waals surface area contributed by atoms with Gasteiger partial charge in [0.25, 0.3) is 0 Å². The first-order valence-corrected chi connectivity index (χ1v) is 9.46. The lowest BCUT2D eigenvalue weighted by Crippen LogP contribution is -2.46. The number of carbonyl (C=O) groups excluding carboxylic acids is 1. The van der Waals surface area contributed by atoms with Gasteiger partial charge in [0.2, 0.25) is 15.9 Å². The van der Waals surface area contributed by atoms with Crippen LogP contribution in [0.5, 0.6) is 0 Å². The monoisotopic (exact) mass is 332 g/mol. The molecule has 1 aliphatic carbocycles. The zero-order chi connectivity index (χ0) is 16.3. The van der Waals surface area contributed by atoms with E-state index in [-0.39, 0.29) is 6.04 Å². The van der Waals surface area contributed by atoms with Gasteiger partial charge in [0.1, 0.15) is 11.8 Å². The Balaban J connectivity index is 1.91. The Morgan fingerprint density at radius 2 is 1.82 bits per heavy atom. The van der Waals surface area contributed by atoms with Crippen LogP contribution in [-0.4, -0.2) is 54.7 Å². The van der Waals surface area contributed by atoms with Crippen LogP contribution in [0.25, 0.3) is 0 Å². The number of hydrogen-bond acceptors (Lipinski definition) is 4. The summed E-state index contributed by atoms with van der Waals surface area (Å²) in [5, 5.41) is 9.06. The molecule has 0 spiro atoms. The molecule has 2 N–H and O–H groups in total. The van der Waals surface area contributed by atoms with Crippen LogP contribution in [0.2, 0.25) is 0 Å². The van der Waals surface area contributed by atoms with Crippen LogP contribution >= 0.6 is 0 Å². The highest BCUT2D eigenvalue weighted by Gasteiger charge is 2.36. The van der Waals surface area contributed by atoms with Crippen molar-refractivity contribution in [3.05, 3.63) is 0 Å². The van der Waals surface area contributed by atoms with Crippen molar-refractivity contribution in [2.24, 2.45) is 5.92 Å². The van der Waals surface area contributed by atoms with Crippen LogP contribution < -0.4 is 4.72 Å². The van der Waals surface area contributed by atoms with E-state index in [1.54, 1.807) is 0 Å². The van der Waals surface area contributed by atoms with Gasteiger partial charge in [-0.15, -0.1) is 0 Å². The molecule has 1 atom stereocenters. The highest BCUT2D eigenvalue weighted by molar-refractivity contribution is 7.90. The standard InChI is InChI=1S/C14H24N2O5S/c1-10-4-6-11(7-5-10)15-22(20,21)9-13(17)16-8-2-3-12(16)14(18)19/h10-12,15H,2-9H2,1H3,(H,18,19)/t10?,11?,12-/m0/s1. The Hall–Kier alpha value is -1.15. The number of carbonyl (C=O) groups is 2. The van der Waals surface area contributed by atoms with E-state index in [4.69, 9.17) is 5.11 Å². The largest absolute Gasteiger partial charge is 0.480 e. The molecule has 8 heteroatoms. The maximum Gasteiger partial charge on any atom is 0.326 e. The van der Waals surface area contributed by atoms with Crippen molar-refractivity contribution in [2.75, 3.05) is 12.3 Å². The highest BCUT2D eigenvalue weighted by Crippen LogP contribution is 2.24. The number of carboxylic acids is 1. The van der Waals surface area contributed by atoms with Gasteiger partial charge in [-0.05, 0) is 44.4 Å². The maximum absolute atomic E-state index is 12.1. The van der Waals surface area contributed by atoms with Gasteiger partial charge in [-0.1, -0.05) is 6.92 Å². The fourth-order valence-corrected chi connectivity index (χ4v) is 4.56. The Labute approximate surface area is 131 Å². The summed E-state index contributed by atoms with van der Waals surface area (Å²) in [6, 6.07) is -0.999. The van der Waals surface area contributed by atoms with Crippen LogP contribution in [0.4, 0.5) is 0 Å². The number of amides is 1. The molecule has 1 aliphatic heterocycles. The van der Waals surface area contributed by atoms with Crippen LogP contribution in [-0.2, 0) is 19.6 Å². The fourth-order valence-electron chi connectivity index (χ4n) is 3.24. The number of rotatable bonds is 5. The molecule has 0 aromatic rings. The van der Waals surface area contributed by atoms with Crippen molar-refractivity contribution in [1.29, 1.82) is 0 Å². The summed E-state index contributed by atoms with van der Waals surface area (Å²) in [5.74, 6) is -1.75. The first-order valence-electron chi connectivity index (χ1n) is 7.81. The minimum atomic E-state index is -3.72. The van der Waals surface area contributed by atoms with E-state index in [1.807, 2.05) is 0 Å². The zero-order valence-corrected chi connectivity index (χ0v) is 13.6. The normalized spacial score (nSPS) is 29.5. The summed E-state index contributed by atoms with van der Waals surface area (Å²) in [4.78, 5) is 24.4. The second kappa shape index (κ2) is 6.95. The number of carboxylic acid groups (broad SMARTS) is 1. The molecule has 0 radical (unpaired) electrons. The number of nitrogens with zero attached hydrogens (tertiary/aromatic N) is 1. The summed E-state index contributed by atoms with van der Waals surface area (Å²) in [7, 11) is -3.72. The lowest BCUT2D eigenvalue weighted by Gasteiger charge is -2.27. The van der Waals surface area contributed by atoms with E-state index < -0.39 is 33.7 Å². The molecule has 2 aliphatic rings. The van der Waals surface area contributed by atoms with Crippen LogP contribution in [0, 0.1) is 5.92 Å². The average Bonchev–Trinajstić information content (AvgIpc) is 2.90. The third kappa shape index (κ3) is 4.42. The molecule has 1 saturated heterocycles. The number of aliphatic carboxylic acids is 1. The number of likely N-dealkylation sites (tertiary alicyclic amines) is 1. The highest BCUT2D eigenvalue weighted by atomic mass is 32.2. The lowest BCUT2D eigenvalue weighted by molar-refractivity contribution is -0.147. The second-order valence-electron chi connectivity index (χ2n) is 6.42. The van der Waals surface area contributed by atoms with E-state index in [0.29, 0.717) is 25.3 Å². The summed E-state index contributed by atoms with van der Waals surface area (Å²) < 4.78 is 26.8. The number of sulfonamides is 1. The van der Waals surface area contributed by atoms with Gasteiger partial charge in [0, 0.05) is 12.6 Å². The molecule has 0 bridgehead atoms. The van der Waals surface area contributed by atoms with Gasteiger partial charge >= 0.3 is 5.97 Å². The first kappa shape index (κ1) is 17.2. The van der Waals surface area contributed by atoms with Crippen molar-refractivity contribution in [3.8, 4) is 0 Å². The topological polar surface area (TPSA) is 104 Å². The van der Waals surface area contributed by atoms with Crippen molar-refractivity contribution in [1.82, 2.24) is 9.62 Å². The average molecular weight is 332 g/mol. The molecule has 1 heterocycles. The lowest BCUT2D eigenvalue weighted by atomic mass is 9.88. The summed E-state index contributed by atoms with van der Waals surface area (Å²) in [6.45, 7) is 2.46. The van der Waals surface area contributed by atoms with Gasteiger partial charge in [0.15, 0.2) is 0 Å². The Kier molecular flexibility index (Phi) is 5.44. The van der Waals surface area contributed by atoms with Crippen molar-refractivity contribution >= 4 is 21.9 Å². The van der Waals surface area contributed by atoms with Crippen LogP contribution in [0.15, 0.2) is 0 Å².